The zero-order chi connectivity index (χ0) is 22.4. The van der Waals surface area contributed by atoms with Crippen molar-refractivity contribution in [2.75, 3.05) is 0 Å². The first-order valence-corrected chi connectivity index (χ1v) is 13.1. The summed E-state index contributed by atoms with van der Waals surface area (Å²) < 4.78 is 0. The molecule has 174 valence electrons. The minimum atomic E-state index is 0.127. The number of benzene rings is 1. The van der Waals surface area contributed by atoms with Crippen molar-refractivity contribution >= 4 is 0 Å². The predicted octanol–water partition coefficient (Wildman–Crippen LogP) is 9.97. The maximum Gasteiger partial charge on any atom is 0.121 e. The van der Waals surface area contributed by atoms with Crippen molar-refractivity contribution in [2.45, 2.75) is 149 Å². The largest absolute Gasteiger partial charge is 0.507 e. The quantitative estimate of drug-likeness (QED) is 0.266. The highest BCUT2D eigenvalue weighted by Crippen LogP contribution is 2.36. The van der Waals surface area contributed by atoms with Gasteiger partial charge in [-0.2, -0.15) is 0 Å². The maximum absolute atomic E-state index is 10.6. The Kier molecular flexibility index (Phi) is 13.5. The van der Waals surface area contributed by atoms with E-state index in [9.17, 15) is 5.11 Å². The van der Waals surface area contributed by atoms with Crippen molar-refractivity contribution < 1.29 is 5.11 Å². The summed E-state index contributed by atoms with van der Waals surface area (Å²) in [6.07, 6.45) is 20.8. The molecule has 1 N–H and O–H groups in total. The molecule has 1 rings (SSSR count). The lowest BCUT2D eigenvalue weighted by Gasteiger charge is -2.23. The van der Waals surface area contributed by atoms with Crippen LogP contribution in [0, 0.1) is 6.92 Å². The molecule has 30 heavy (non-hydrogen) atoms. The van der Waals surface area contributed by atoms with E-state index in [-0.39, 0.29) is 5.41 Å². The van der Waals surface area contributed by atoms with Crippen LogP contribution in [0.25, 0.3) is 0 Å². The topological polar surface area (TPSA) is 20.2 Å². The Morgan fingerprint density at radius 3 is 1.60 bits per heavy atom. The number of phenolic OH excluding ortho intramolecular Hbond substituents is 1. The molecule has 0 saturated carbocycles. The van der Waals surface area contributed by atoms with Gasteiger partial charge in [0.2, 0.25) is 0 Å². The number of phenols is 1. The lowest BCUT2D eigenvalue weighted by Crippen LogP contribution is -2.12. The van der Waals surface area contributed by atoms with Gasteiger partial charge in [-0.3, -0.25) is 0 Å². The van der Waals surface area contributed by atoms with Crippen molar-refractivity contribution in [1.29, 1.82) is 0 Å². The predicted molar refractivity (Wildman–Crippen MR) is 135 cm³/mol. The van der Waals surface area contributed by atoms with Crippen molar-refractivity contribution in [3.8, 4) is 5.75 Å². The molecule has 1 aromatic rings. The minimum Gasteiger partial charge on any atom is -0.507 e. The molecule has 1 nitrogen and oxygen atoms in total. The van der Waals surface area contributed by atoms with E-state index in [0.29, 0.717) is 11.7 Å². The molecule has 0 aliphatic rings. The summed E-state index contributed by atoms with van der Waals surface area (Å²) in [5.74, 6) is 0.948. The molecule has 1 aromatic carbocycles. The monoisotopic (exact) mass is 416 g/mol. The van der Waals surface area contributed by atoms with Crippen LogP contribution in [0.1, 0.15) is 154 Å². The summed E-state index contributed by atoms with van der Waals surface area (Å²) >= 11 is 0. The third kappa shape index (κ3) is 10.9. The fraction of sp³-hybridized carbons (Fsp3) is 0.793. The fourth-order valence-corrected chi connectivity index (χ4v) is 4.42. The van der Waals surface area contributed by atoms with Crippen LogP contribution < -0.4 is 0 Å². The highest BCUT2D eigenvalue weighted by Gasteiger charge is 2.19. The molecule has 0 saturated heterocycles. The van der Waals surface area contributed by atoms with Gasteiger partial charge < -0.3 is 5.11 Å². The summed E-state index contributed by atoms with van der Waals surface area (Å²) in [7, 11) is 0. The second kappa shape index (κ2) is 14.9. The first-order chi connectivity index (χ1) is 14.3. The van der Waals surface area contributed by atoms with Gasteiger partial charge in [-0.25, -0.2) is 0 Å². The third-order valence-corrected chi connectivity index (χ3v) is 6.72. The van der Waals surface area contributed by atoms with Gasteiger partial charge in [-0.15, -0.1) is 0 Å². The van der Waals surface area contributed by atoms with Crippen LogP contribution in [0.5, 0.6) is 5.75 Å². The number of rotatable bonds is 16. The number of aromatic hydroxyl groups is 1. The van der Waals surface area contributed by atoms with E-state index in [2.05, 4.69) is 46.8 Å². The van der Waals surface area contributed by atoms with E-state index < -0.39 is 0 Å². The van der Waals surface area contributed by atoms with Gasteiger partial charge in [0.1, 0.15) is 5.75 Å². The molecule has 1 atom stereocenters. The van der Waals surface area contributed by atoms with Gasteiger partial charge in [0.15, 0.2) is 0 Å². The maximum atomic E-state index is 10.6. The number of hydrogen-bond acceptors (Lipinski definition) is 1. The van der Waals surface area contributed by atoms with Crippen LogP contribution in [0.15, 0.2) is 12.1 Å². The molecular formula is C29H52O. The summed E-state index contributed by atoms with van der Waals surface area (Å²) in [6.45, 7) is 13.4. The molecule has 0 aliphatic carbocycles. The van der Waals surface area contributed by atoms with Gasteiger partial charge in [-0.1, -0.05) is 137 Å². The van der Waals surface area contributed by atoms with E-state index in [1.54, 1.807) is 0 Å². The number of unbranched alkanes of at least 4 members (excludes halogenated alkanes) is 13. The second-order valence-electron chi connectivity index (χ2n) is 10.8. The van der Waals surface area contributed by atoms with Crippen molar-refractivity contribution in [3.05, 3.63) is 28.8 Å². The average molecular weight is 417 g/mol. The molecule has 0 amide bonds. The first kappa shape index (κ1) is 27.1. The lowest BCUT2D eigenvalue weighted by molar-refractivity contribution is 0.451. The van der Waals surface area contributed by atoms with Gasteiger partial charge in [0, 0.05) is 0 Å². The van der Waals surface area contributed by atoms with Gasteiger partial charge in [0.25, 0.3) is 0 Å². The number of aryl methyl sites for hydroxylation is 1. The van der Waals surface area contributed by atoms with Gasteiger partial charge >= 0.3 is 0 Å². The Morgan fingerprint density at radius 1 is 0.733 bits per heavy atom. The zero-order valence-corrected chi connectivity index (χ0v) is 21.3. The zero-order valence-electron chi connectivity index (χ0n) is 21.3. The Balaban J connectivity index is 2.14. The summed E-state index contributed by atoms with van der Waals surface area (Å²) in [4.78, 5) is 0. The Labute approximate surface area is 189 Å². The highest BCUT2D eigenvalue weighted by molar-refractivity contribution is 5.46. The molecule has 0 aromatic heterocycles. The SMILES string of the molecule is CCCCCCCCCCCCCCCCC(C)c1cc(C(C)(C)C)cc(C)c1O. The molecular weight excluding hydrogens is 364 g/mol. The molecule has 1 heteroatoms. The molecule has 0 fully saturated rings. The van der Waals surface area contributed by atoms with Crippen LogP contribution in [-0.4, -0.2) is 5.11 Å². The van der Waals surface area contributed by atoms with E-state index in [4.69, 9.17) is 0 Å². The van der Waals surface area contributed by atoms with Crippen LogP contribution in [0.4, 0.5) is 0 Å². The highest BCUT2D eigenvalue weighted by atomic mass is 16.3. The summed E-state index contributed by atoms with van der Waals surface area (Å²) in [6, 6.07) is 4.40. The van der Waals surface area contributed by atoms with Crippen LogP contribution in [0.2, 0.25) is 0 Å². The van der Waals surface area contributed by atoms with Crippen LogP contribution >= 0.6 is 0 Å². The van der Waals surface area contributed by atoms with Gasteiger partial charge in [0.05, 0.1) is 0 Å². The molecule has 1 unspecified atom stereocenters. The van der Waals surface area contributed by atoms with Crippen molar-refractivity contribution in [3.63, 3.8) is 0 Å². The van der Waals surface area contributed by atoms with Crippen molar-refractivity contribution in [2.24, 2.45) is 0 Å². The average Bonchev–Trinajstić information content (AvgIpc) is 2.69. The fourth-order valence-electron chi connectivity index (χ4n) is 4.42. The smallest absolute Gasteiger partial charge is 0.121 e. The minimum absolute atomic E-state index is 0.127. The molecule has 0 aliphatic heterocycles. The van der Waals surface area contributed by atoms with E-state index in [0.717, 1.165) is 11.1 Å². The Morgan fingerprint density at radius 2 is 1.17 bits per heavy atom. The molecule has 0 radical (unpaired) electrons. The van der Waals surface area contributed by atoms with E-state index >= 15 is 0 Å². The lowest BCUT2D eigenvalue weighted by atomic mass is 9.82. The summed E-state index contributed by atoms with van der Waals surface area (Å²) in [5.41, 5.74) is 3.63. The molecule has 0 heterocycles. The third-order valence-electron chi connectivity index (χ3n) is 6.72. The number of hydrogen-bond donors (Lipinski definition) is 1. The Hall–Kier alpha value is -0.980. The van der Waals surface area contributed by atoms with Crippen LogP contribution in [0.3, 0.4) is 0 Å². The normalized spacial score (nSPS) is 13.0. The standard InChI is InChI=1S/C29H52O/c1-7-8-9-10-11-12-13-14-15-16-17-18-19-20-21-24(2)27-23-26(29(4,5)6)22-25(3)28(27)30/h22-24,30H,7-21H2,1-6H3. The summed E-state index contributed by atoms with van der Waals surface area (Å²) in [5, 5.41) is 10.6. The van der Waals surface area contributed by atoms with Gasteiger partial charge in [-0.05, 0) is 41.4 Å². The van der Waals surface area contributed by atoms with Crippen molar-refractivity contribution in [1.82, 2.24) is 0 Å². The van der Waals surface area contributed by atoms with E-state index in [1.165, 1.54) is 102 Å². The molecule has 0 spiro atoms. The first-order valence-electron chi connectivity index (χ1n) is 13.1. The molecule has 0 bridgehead atoms. The van der Waals surface area contributed by atoms with E-state index in [1.807, 2.05) is 6.92 Å². The Bertz CT molecular complexity index is 566. The van der Waals surface area contributed by atoms with Crippen LogP contribution in [-0.2, 0) is 5.41 Å². The second-order valence-corrected chi connectivity index (χ2v) is 10.8.